The summed E-state index contributed by atoms with van der Waals surface area (Å²) < 4.78 is 5.32. The molecule has 0 fully saturated rings. The Morgan fingerprint density at radius 2 is 1.00 bits per heavy atom. The highest BCUT2D eigenvalue weighted by atomic mass is 32.1. The van der Waals surface area contributed by atoms with Gasteiger partial charge in [0.1, 0.15) is 0 Å². The van der Waals surface area contributed by atoms with Crippen LogP contribution in [0.5, 0.6) is 0 Å². The molecule has 2 heterocycles. The van der Waals surface area contributed by atoms with Gasteiger partial charge in [-0.1, -0.05) is 92.7 Å². The van der Waals surface area contributed by atoms with Gasteiger partial charge < -0.3 is 4.90 Å². The standard InChI is InChI=1S/C43H29NS2/c1-43(2)37-12-6-3-9-31(37)35-24-29(18-20-38(35)43)44(30-17-19-34-32-10-4-7-13-39(32)46-42(34)25-30)28-16-15-26-23-41-36(22-27(26)21-28)33-11-5-8-14-40(33)45-41/h3-25H,1-2H3. The van der Waals surface area contributed by atoms with E-state index in [0.29, 0.717) is 0 Å². The van der Waals surface area contributed by atoms with E-state index in [9.17, 15) is 0 Å². The normalized spacial score (nSPS) is 13.6. The molecule has 3 heteroatoms. The third-order valence-corrected chi connectivity index (χ3v) is 12.3. The van der Waals surface area contributed by atoms with Crippen molar-refractivity contribution in [2.45, 2.75) is 19.3 Å². The number of thiophene rings is 2. The number of nitrogens with zero attached hydrogens (tertiary/aromatic N) is 1. The van der Waals surface area contributed by atoms with E-state index in [1.807, 2.05) is 22.7 Å². The minimum Gasteiger partial charge on any atom is -0.310 e. The van der Waals surface area contributed by atoms with Gasteiger partial charge >= 0.3 is 0 Å². The monoisotopic (exact) mass is 623 g/mol. The lowest BCUT2D eigenvalue weighted by atomic mass is 9.82. The number of hydrogen-bond acceptors (Lipinski definition) is 3. The third kappa shape index (κ3) is 3.73. The number of fused-ring (bicyclic) bond motifs is 10. The fourth-order valence-electron chi connectivity index (χ4n) is 7.74. The Hall–Kier alpha value is -4.96. The van der Waals surface area contributed by atoms with Gasteiger partial charge in [0, 0.05) is 62.8 Å². The topological polar surface area (TPSA) is 3.24 Å². The Morgan fingerprint density at radius 3 is 1.83 bits per heavy atom. The first-order valence-electron chi connectivity index (χ1n) is 15.8. The Bertz CT molecular complexity index is 2690. The molecule has 0 saturated carbocycles. The highest BCUT2D eigenvalue weighted by Gasteiger charge is 2.35. The molecule has 2 aromatic heterocycles. The van der Waals surface area contributed by atoms with Crippen LogP contribution in [0.15, 0.2) is 140 Å². The van der Waals surface area contributed by atoms with Gasteiger partial charge in [0.25, 0.3) is 0 Å². The van der Waals surface area contributed by atoms with Gasteiger partial charge in [0.15, 0.2) is 0 Å². The highest BCUT2D eigenvalue weighted by molar-refractivity contribution is 7.26. The van der Waals surface area contributed by atoms with Gasteiger partial charge in [-0.2, -0.15) is 0 Å². The van der Waals surface area contributed by atoms with Crippen LogP contribution in [-0.4, -0.2) is 0 Å². The summed E-state index contributed by atoms with van der Waals surface area (Å²) in [5.74, 6) is 0. The molecule has 9 aromatic rings. The number of rotatable bonds is 3. The van der Waals surface area contributed by atoms with E-state index in [1.165, 1.54) is 84.7 Å². The van der Waals surface area contributed by atoms with Crippen LogP contribution < -0.4 is 4.90 Å². The van der Waals surface area contributed by atoms with Gasteiger partial charge in [0.05, 0.1) is 0 Å². The number of anilines is 3. The fraction of sp³-hybridized carbons (Fsp3) is 0.0698. The molecule has 0 bridgehead atoms. The molecule has 7 aromatic carbocycles. The van der Waals surface area contributed by atoms with E-state index in [2.05, 4.69) is 158 Å². The zero-order valence-corrected chi connectivity index (χ0v) is 27.2. The van der Waals surface area contributed by atoms with Crippen molar-refractivity contribution in [3.05, 3.63) is 151 Å². The molecule has 0 unspecified atom stereocenters. The van der Waals surface area contributed by atoms with Crippen molar-refractivity contribution in [1.29, 1.82) is 0 Å². The van der Waals surface area contributed by atoms with Crippen molar-refractivity contribution in [3.63, 3.8) is 0 Å². The van der Waals surface area contributed by atoms with Crippen LogP contribution in [0.25, 0.3) is 62.2 Å². The summed E-state index contributed by atoms with van der Waals surface area (Å²) in [6, 6.07) is 52.2. The van der Waals surface area contributed by atoms with E-state index in [-0.39, 0.29) is 5.41 Å². The van der Waals surface area contributed by atoms with E-state index >= 15 is 0 Å². The first-order valence-corrected chi connectivity index (χ1v) is 17.5. The molecule has 0 radical (unpaired) electrons. The lowest BCUT2D eigenvalue weighted by Crippen LogP contribution is -2.15. The maximum absolute atomic E-state index is 2.45. The van der Waals surface area contributed by atoms with Crippen molar-refractivity contribution in [2.75, 3.05) is 4.90 Å². The first-order chi connectivity index (χ1) is 22.5. The summed E-state index contributed by atoms with van der Waals surface area (Å²) in [6.07, 6.45) is 0. The molecule has 0 atom stereocenters. The largest absolute Gasteiger partial charge is 0.310 e. The summed E-state index contributed by atoms with van der Waals surface area (Å²) in [4.78, 5) is 2.45. The molecule has 10 rings (SSSR count). The molecule has 46 heavy (non-hydrogen) atoms. The zero-order chi connectivity index (χ0) is 30.6. The summed E-state index contributed by atoms with van der Waals surface area (Å²) in [5, 5.41) is 7.84. The number of hydrogen-bond donors (Lipinski definition) is 0. The second kappa shape index (κ2) is 9.53. The van der Waals surface area contributed by atoms with Crippen LogP contribution in [-0.2, 0) is 5.41 Å². The SMILES string of the molecule is CC1(C)c2ccccc2-c2cc(N(c3ccc4cc5sc6ccccc6c5cc4c3)c3ccc4c(c3)sc3ccccc34)ccc21. The quantitative estimate of drug-likeness (QED) is 0.189. The van der Waals surface area contributed by atoms with Gasteiger partial charge in [-0.25, -0.2) is 0 Å². The smallest absolute Gasteiger partial charge is 0.0476 e. The summed E-state index contributed by atoms with van der Waals surface area (Å²) in [7, 11) is 0. The Kier molecular flexibility index (Phi) is 5.44. The molecular formula is C43H29NS2. The van der Waals surface area contributed by atoms with Crippen molar-refractivity contribution in [2.24, 2.45) is 0 Å². The minimum atomic E-state index is -0.0249. The van der Waals surface area contributed by atoms with Crippen LogP contribution in [0.4, 0.5) is 17.1 Å². The minimum absolute atomic E-state index is 0.0249. The third-order valence-electron chi connectivity index (χ3n) is 10.0. The van der Waals surface area contributed by atoms with Crippen LogP contribution in [0, 0.1) is 0 Å². The van der Waals surface area contributed by atoms with E-state index < -0.39 is 0 Å². The average molecular weight is 624 g/mol. The zero-order valence-electron chi connectivity index (χ0n) is 25.5. The van der Waals surface area contributed by atoms with E-state index in [4.69, 9.17) is 0 Å². The van der Waals surface area contributed by atoms with Crippen molar-refractivity contribution >= 4 is 90.9 Å². The summed E-state index contributed by atoms with van der Waals surface area (Å²) >= 11 is 3.75. The predicted octanol–water partition coefficient (Wildman–Crippen LogP) is 13.4. The molecule has 0 saturated heterocycles. The van der Waals surface area contributed by atoms with E-state index in [0.717, 1.165) is 5.69 Å². The van der Waals surface area contributed by atoms with Crippen LogP contribution in [0.2, 0.25) is 0 Å². The molecular weight excluding hydrogens is 595 g/mol. The Morgan fingerprint density at radius 1 is 0.413 bits per heavy atom. The molecule has 0 spiro atoms. The molecule has 1 aliphatic carbocycles. The second-order valence-electron chi connectivity index (χ2n) is 13.0. The lowest BCUT2D eigenvalue weighted by molar-refractivity contribution is 0.660. The Balaban J connectivity index is 1.21. The molecule has 0 N–H and O–H groups in total. The first kappa shape index (κ1) is 26.3. The molecule has 1 aliphatic rings. The van der Waals surface area contributed by atoms with Crippen molar-refractivity contribution in [3.8, 4) is 11.1 Å². The van der Waals surface area contributed by atoms with Gasteiger partial charge in [-0.3, -0.25) is 0 Å². The maximum atomic E-state index is 2.45. The van der Waals surface area contributed by atoms with Crippen LogP contribution >= 0.6 is 22.7 Å². The molecule has 1 nitrogen and oxygen atoms in total. The molecule has 218 valence electrons. The van der Waals surface area contributed by atoms with Crippen LogP contribution in [0.3, 0.4) is 0 Å². The lowest BCUT2D eigenvalue weighted by Gasteiger charge is -2.27. The van der Waals surface area contributed by atoms with Gasteiger partial charge in [0.2, 0.25) is 0 Å². The highest BCUT2D eigenvalue weighted by Crippen LogP contribution is 2.51. The van der Waals surface area contributed by atoms with E-state index in [1.54, 1.807) is 0 Å². The molecule has 0 amide bonds. The Labute approximate surface area is 275 Å². The number of benzene rings is 7. The average Bonchev–Trinajstić information content (AvgIpc) is 3.71. The van der Waals surface area contributed by atoms with Crippen molar-refractivity contribution < 1.29 is 0 Å². The summed E-state index contributed by atoms with van der Waals surface area (Å²) in [5.41, 5.74) is 8.95. The summed E-state index contributed by atoms with van der Waals surface area (Å²) in [6.45, 7) is 4.70. The maximum Gasteiger partial charge on any atom is 0.0476 e. The fourth-order valence-corrected chi connectivity index (χ4v) is 10.0. The molecule has 0 aliphatic heterocycles. The second-order valence-corrected chi connectivity index (χ2v) is 15.2. The predicted molar refractivity (Wildman–Crippen MR) is 202 cm³/mol. The van der Waals surface area contributed by atoms with Crippen molar-refractivity contribution in [1.82, 2.24) is 0 Å². The van der Waals surface area contributed by atoms with Gasteiger partial charge in [-0.05, 0) is 93.7 Å². The van der Waals surface area contributed by atoms with Crippen LogP contribution in [0.1, 0.15) is 25.0 Å². The van der Waals surface area contributed by atoms with Gasteiger partial charge in [-0.15, -0.1) is 22.7 Å².